The zero-order chi connectivity index (χ0) is 8.85. The molecule has 1 saturated heterocycles. The minimum atomic E-state index is -0.500. The summed E-state index contributed by atoms with van der Waals surface area (Å²) in [6.45, 7) is 0.957. The van der Waals surface area contributed by atoms with Crippen molar-refractivity contribution in [3.05, 3.63) is 10.1 Å². The molecular weight excluding hydrogens is 148 g/mol. The Morgan fingerprint density at radius 1 is 1.64 bits per heavy atom. The SMILES string of the molecule is CN1CCCC1=O.C[N+](=O)[O-]. The van der Waals surface area contributed by atoms with Gasteiger partial charge in [0.05, 0.1) is 0 Å². The second-order valence-electron chi connectivity index (χ2n) is 2.36. The zero-order valence-electron chi connectivity index (χ0n) is 6.74. The van der Waals surface area contributed by atoms with E-state index >= 15 is 0 Å². The van der Waals surface area contributed by atoms with Crippen molar-refractivity contribution in [3.8, 4) is 0 Å². The van der Waals surface area contributed by atoms with Gasteiger partial charge in [0.25, 0.3) is 0 Å². The number of amides is 1. The summed E-state index contributed by atoms with van der Waals surface area (Å²) in [4.78, 5) is 20.6. The van der Waals surface area contributed by atoms with E-state index in [-0.39, 0.29) is 0 Å². The van der Waals surface area contributed by atoms with Gasteiger partial charge in [-0.3, -0.25) is 14.9 Å². The van der Waals surface area contributed by atoms with E-state index in [0.29, 0.717) is 5.91 Å². The number of carbonyl (C=O) groups excluding carboxylic acids is 1. The molecule has 5 nitrogen and oxygen atoms in total. The Kier molecular flexibility index (Phi) is 4.17. The fraction of sp³-hybridized carbons (Fsp3) is 0.833. The molecule has 0 atom stereocenters. The Morgan fingerprint density at radius 3 is 2.18 bits per heavy atom. The second-order valence-corrected chi connectivity index (χ2v) is 2.36. The highest BCUT2D eigenvalue weighted by Gasteiger charge is 2.14. The smallest absolute Gasteiger partial charge is 0.222 e. The van der Waals surface area contributed by atoms with Crippen LogP contribution in [0.2, 0.25) is 0 Å². The number of nitro groups is 1. The lowest BCUT2D eigenvalue weighted by Gasteiger charge is -2.03. The Bertz CT molecular complexity index is 154. The molecule has 1 aliphatic rings. The number of carbonyl (C=O) groups is 1. The van der Waals surface area contributed by atoms with Crippen LogP contribution in [0.1, 0.15) is 12.8 Å². The van der Waals surface area contributed by atoms with Crippen molar-refractivity contribution in [3.63, 3.8) is 0 Å². The summed E-state index contributed by atoms with van der Waals surface area (Å²) < 4.78 is 0. The minimum Gasteiger partial charge on any atom is -0.346 e. The maximum atomic E-state index is 10.5. The van der Waals surface area contributed by atoms with Crippen LogP contribution in [-0.4, -0.2) is 36.4 Å². The number of likely N-dealkylation sites (tertiary alicyclic amines) is 1. The highest BCUT2D eigenvalue weighted by Crippen LogP contribution is 2.04. The van der Waals surface area contributed by atoms with E-state index in [1.165, 1.54) is 0 Å². The van der Waals surface area contributed by atoms with Gasteiger partial charge in [-0.1, -0.05) is 0 Å². The van der Waals surface area contributed by atoms with Crippen molar-refractivity contribution >= 4 is 5.91 Å². The molecule has 0 N–H and O–H groups in total. The normalized spacial score (nSPS) is 15.8. The first kappa shape index (κ1) is 9.87. The van der Waals surface area contributed by atoms with Crippen molar-refractivity contribution in [2.45, 2.75) is 12.8 Å². The van der Waals surface area contributed by atoms with Crippen LogP contribution in [-0.2, 0) is 4.79 Å². The Balaban J connectivity index is 0.000000218. The lowest BCUT2D eigenvalue weighted by Crippen LogP contribution is -2.17. The average molecular weight is 160 g/mol. The summed E-state index contributed by atoms with van der Waals surface area (Å²) in [5, 5.41) is 8.81. The standard InChI is InChI=1S/C5H9NO.CH3NO2/c1-6-4-2-3-5(6)7;1-2(3)4/h2-4H2,1H3;1H3. The van der Waals surface area contributed by atoms with Crippen LogP contribution in [0.3, 0.4) is 0 Å². The van der Waals surface area contributed by atoms with Gasteiger partial charge in [0.1, 0.15) is 0 Å². The molecule has 0 aliphatic carbocycles. The van der Waals surface area contributed by atoms with Crippen molar-refractivity contribution < 1.29 is 9.72 Å². The molecule has 0 saturated carbocycles. The number of hydrogen-bond donors (Lipinski definition) is 0. The summed E-state index contributed by atoms with van der Waals surface area (Å²) in [5.41, 5.74) is 0. The molecule has 0 aromatic carbocycles. The summed E-state index contributed by atoms with van der Waals surface area (Å²) in [7, 11) is 2.73. The van der Waals surface area contributed by atoms with Crippen molar-refractivity contribution in [1.82, 2.24) is 4.90 Å². The van der Waals surface area contributed by atoms with Crippen molar-refractivity contribution in [2.24, 2.45) is 0 Å². The fourth-order valence-corrected chi connectivity index (χ4v) is 0.783. The van der Waals surface area contributed by atoms with Gasteiger partial charge in [-0.25, -0.2) is 0 Å². The molecule has 0 aromatic heterocycles. The summed E-state index contributed by atoms with van der Waals surface area (Å²) in [5.74, 6) is 0.292. The number of nitrogens with zero attached hydrogens (tertiary/aromatic N) is 2. The van der Waals surface area contributed by atoms with Crippen LogP contribution in [0.4, 0.5) is 0 Å². The van der Waals surface area contributed by atoms with Gasteiger partial charge >= 0.3 is 0 Å². The molecule has 0 aromatic rings. The molecule has 0 unspecified atom stereocenters. The highest BCUT2D eigenvalue weighted by atomic mass is 16.6. The quantitative estimate of drug-likeness (QED) is 0.374. The predicted octanol–water partition coefficient (Wildman–Crippen LogP) is 0.131. The largest absolute Gasteiger partial charge is 0.346 e. The van der Waals surface area contributed by atoms with Gasteiger partial charge in [0.15, 0.2) is 7.05 Å². The van der Waals surface area contributed by atoms with E-state index in [1.807, 2.05) is 7.05 Å². The number of hydrogen-bond acceptors (Lipinski definition) is 3. The van der Waals surface area contributed by atoms with E-state index in [2.05, 4.69) is 0 Å². The summed E-state index contributed by atoms with van der Waals surface area (Å²) in [6, 6.07) is 0. The molecule has 0 bridgehead atoms. The maximum absolute atomic E-state index is 10.5. The predicted molar refractivity (Wildman–Crippen MR) is 39.8 cm³/mol. The monoisotopic (exact) mass is 160 g/mol. The van der Waals surface area contributed by atoms with Crippen molar-refractivity contribution in [2.75, 3.05) is 20.6 Å². The molecule has 1 fully saturated rings. The van der Waals surface area contributed by atoms with Crippen LogP contribution in [0, 0.1) is 10.1 Å². The second kappa shape index (κ2) is 4.65. The van der Waals surface area contributed by atoms with Gasteiger partial charge in [0.2, 0.25) is 5.91 Å². The molecule has 0 spiro atoms. The van der Waals surface area contributed by atoms with Gasteiger partial charge in [-0.05, 0) is 6.42 Å². The van der Waals surface area contributed by atoms with E-state index < -0.39 is 4.92 Å². The molecular formula is C6H12N2O3. The van der Waals surface area contributed by atoms with Crippen LogP contribution >= 0.6 is 0 Å². The van der Waals surface area contributed by atoms with Crippen LogP contribution in [0.15, 0.2) is 0 Å². The van der Waals surface area contributed by atoms with Gasteiger partial charge in [-0.2, -0.15) is 0 Å². The molecule has 1 aliphatic heterocycles. The Labute approximate surface area is 65.1 Å². The third kappa shape index (κ3) is 5.32. The highest BCUT2D eigenvalue weighted by molar-refractivity contribution is 5.77. The summed E-state index contributed by atoms with van der Waals surface area (Å²) in [6.07, 6.45) is 1.81. The fourth-order valence-electron chi connectivity index (χ4n) is 0.783. The van der Waals surface area contributed by atoms with E-state index in [9.17, 15) is 4.79 Å². The van der Waals surface area contributed by atoms with E-state index in [4.69, 9.17) is 10.1 Å². The molecule has 5 heteroatoms. The Morgan fingerprint density at radius 2 is 2.09 bits per heavy atom. The molecule has 1 heterocycles. The first-order valence-corrected chi connectivity index (χ1v) is 3.36. The molecule has 1 rings (SSSR count). The molecule has 0 radical (unpaired) electrons. The minimum absolute atomic E-state index is 0.292. The molecule has 64 valence electrons. The topological polar surface area (TPSA) is 63.5 Å². The van der Waals surface area contributed by atoms with Gasteiger partial charge in [0, 0.05) is 24.9 Å². The third-order valence-corrected chi connectivity index (χ3v) is 1.31. The third-order valence-electron chi connectivity index (χ3n) is 1.31. The van der Waals surface area contributed by atoms with Crippen LogP contribution in [0.5, 0.6) is 0 Å². The van der Waals surface area contributed by atoms with E-state index in [1.54, 1.807) is 4.90 Å². The molecule has 1 amide bonds. The van der Waals surface area contributed by atoms with Gasteiger partial charge < -0.3 is 4.90 Å². The Hall–Kier alpha value is -1.13. The first-order chi connectivity index (χ1) is 5.04. The van der Waals surface area contributed by atoms with Crippen molar-refractivity contribution in [1.29, 1.82) is 0 Å². The lowest BCUT2D eigenvalue weighted by atomic mass is 10.4. The van der Waals surface area contributed by atoms with E-state index in [0.717, 1.165) is 26.4 Å². The van der Waals surface area contributed by atoms with Gasteiger partial charge in [-0.15, -0.1) is 0 Å². The molecule has 11 heavy (non-hydrogen) atoms. The number of rotatable bonds is 0. The average Bonchev–Trinajstić information content (AvgIpc) is 2.15. The first-order valence-electron chi connectivity index (χ1n) is 3.36. The van der Waals surface area contributed by atoms with Crippen LogP contribution in [0.25, 0.3) is 0 Å². The maximum Gasteiger partial charge on any atom is 0.222 e. The van der Waals surface area contributed by atoms with Crippen LogP contribution < -0.4 is 0 Å². The lowest BCUT2D eigenvalue weighted by molar-refractivity contribution is -0.445. The summed E-state index contributed by atoms with van der Waals surface area (Å²) >= 11 is 0. The zero-order valence-corrected chi connectivity index (χ0v) is 6.74.